The molecule has 0 bridgehead atoms. The first-order valence-corrected chi connectivity index (χ1v) is 23.0. The lowest BCUT2D eigenvalue weighted by Gasteiger charge is -2.39. The highest BCUT2D eigenvalue weighted by molar-refractivity contribution is 7.90. The smallest absolute Gasteiger partial charge is 0.293 e. The fraction of sp³-hybridized carbons (Fsp3) is 0.478. The molecule has 2 fully saturated rings. The van der Waals surface area contributed by atoms with E-state index in [0.717, 1.165) is 92.9 Å². The fourth-order valence-electron chi connectivity index (χ4n) is 8.83. The van der Waals surface area contributed by atoms with Gasteiger partial charge < -0.3 is 19.9 Å². The Morgan fingerprint density at radius 2 is 1.84 bits per heavy atom. The lowest BCUT2D eigenvalue weighted by molar-refractivity contribution is -0.384. The summed E-state index contributed by atoms with van der Waals surface area (Å²) in [6.45, 7) is 14.9. The molecule has 332 valence electrons. The predicted octanol–water partition coefficient (Wildman–Crippen LogP) is 9.85. The molecule has 0 unspecified atom stereocenters. The number of H-pyrrole nitrogens is 1. The minimum absolute atomic E-state index is 0.0635. The number of nitrogens with one attached hydrogen (secondary N) is 3. The van der Waals surface area contributed by atoms with E-state index in [1.807, 2.05) is 6.07 Å². The van der Waals surface area contributed by atoms with Crippen molar-refractivity contribution >= 4 is 44.0 Å². The summed E-state index contributed by atoms with van der Waals surface area (Å²) in [6.07, 6.45) is 7.97. The number of aromatic nitrogens is 2. The first-order chi connectivity index (χ1) is 29.5. The summed E-state index contributed by atoms with van der Waals surface area (Å²) in [7, 11) is -4.57. The monoisotopic (exact) mass is 873 g/mol. The van der Waals surface area contributed by atoms with Crippen LogP contribution in [0.15, 0.2) is 89.1 Å². The van der Waals surface area contributed by atoms with Gasteiger partial charge in [0.2, 0.25) is 6.43 Å². The van der Waals surface area contributed by atoms with Crippen LogP contribution in [0.25, 0.3) is 11.0 Å². The van der Waals surface area contributed by atoms with Crippen molar-refractivity contribution < 1.29 is 31.7 Å². The van der Waals surface area contributed by atoms with Crippen LogP contribution < -0.4 is 19.7 Å². The molecule has 2 aromatic heterocycles. The van der Waals surface area contributed by atoms with Gasteiger partial charge in [0.15, 0.2) is 0 Å². The lowest BCUT2D eigenvalue weighted by Crippen LogP contribution is -2.47. The molecule has 0 radical (unpaired) electrons. The molecule has 62 heavy (non-hydrogen) atoms. The van der Waals surface area contributed by atoms with Crippen molar-refractivity contribution in [2.45, 2.75) is 89.9 Å². The fourth-order valence-corrected chi connectivity index (χ4v) is 9.82. The molecular formula is C46H57F2N7O6S. The van der Waals surface area contributed by atoms with Gasteiger partial charge in [-0.05, 0) is 97.7 Å². The minimum atomic E-state index is -4.57. The van der Waals surface area contributed by atoms with E-state index in [4.69, 9.17) is 4.74 Å². The number of sulfonamides is 1. The summed E-state index contributed by atoms with van der Waals surface area (Å²) in [5.41, 5.74) is 4.46. The Kier molecular flexibility index (Phi) is 13.7. The number of hydrogen-bond donors (Lipinski definition) is 3. The zero-order valence-electron chi connectivity index (χ0n) is 35.7. The van der Waals surface area contributed by atoms with E-state index in [-0.39, 0.29) is 35.3 Å². The van der Waals surface area contributed by atoms with Gasteiger partial charge in [0, 0.05) is 75.1 Å². The summed E-state index contributed by atoms with van der Waals surface area (Å²) >= 11 is 0. The second-order valence-electron chi connectivity index (χ2n) is 18.0. The third-order valence-corrected chi connectivity index (χ3v) is 14.0. The van der Waals surface area contributed by atoms with Crippen LogP contribution in [-0.2, 0) is 10.0 Å². The van der Waals surface area contributed by atoms with Crippen molar-refractivity contribution in [3.63, 3.8) is 0 Å². The number of carbonyl (C=O) groups is 1. The van der Waals surface area contributed by atoms with Gasteiger partial charge >= 0.3 is 0 Å². The molecule has 16 heteroatoms. The maximum atomic E-state index is 13.9. The van der Waals surface area contributed by atoms with E-state index in [1.165, 1.54) is 30.0 Å². The number of amides is 1. The number of pyridine rings is 1. The summed E-state index contributed by atoms with van der Waals surface area (Å²) in [6, 6.07) is 12.1. The zero-order chi connectivity index (χ0) is 44.2. The molecule has 2 aromatic carbocycles. The average Bonchev–Trinajstić information content (AvgIpc) is 3.71. The van der Waals surface area contributed by atoms with Gasteiger partial charge in [-0.1, -0.05) is 51.3 Å². The maximum absolute atomic E-state index is 13.9. The highest BCUT2D eigenvalue weighted by atomic mass is 32.2. The summed E-state index contributed by atoms with van der Waals surface area (Å²) in [5, 5.41) is 16.0. The molecule has 0 spiro atoms. The summed E-state index contributed by atoms with van der Waals surface area (Å²) in [4.78, 5) is 36.9. The van der Waals surface area contributed by atoms with Gasteiger partial charge in [-0.15, -0.1) is 0 Å². The molecule has 3 aliphatic rings. The van der Waals surface area contributed by atoms with Crippen LogP contribution in [0.4, 0.5) is 25.8 Å². The molecule has 1 saturated heterocycles. The average molecular weight is 874 g/mol. The number of rotatable bonds is 16. The largest absolute Gasteiger partial charge is 0.455 e. The number of benzene rings is 2. The van der Waals surface area contributed by atoms with Crippen molar-refractivity contribution in [1.82, 2.24) is 19.6 Å². The highest BCUT2D eigenvalue weighted by Crippen LogP contribution is 2.43. The van der Waals surface area contributed by atoms with E-state index in [9.17, 15) is 32.1 Å². The molecule has 1 saturated carbocycles. The number of piperazine rings is 1. The first kappa shape index (κ1) is 44.7. The van der Waals surface area contributed by atoms with Crippen LogP contribution >= 0.6 is 0 Å². The van der Waals surface area contributed by atoms with Crippen LogP contribution in [0.2, 0.25) is 0 Å². The number of nitro groups is 1. The number of fused-ring (bicyclic) bond motifs is 1. The molecular weight excluding hydrogens is 817 g/mol. The normalized spacial score (nSPS) is 19.7. The molecule has 1 amide bonds. The topological polar surface area (TPSA) is 163 Å². The Labute approximate surface area is 362 Å². The van der Waals surface area contributed by atoms with Crippen molar-refractivity contribution in [3.05, 3.63) is 99.9 Å². The van der Waals surface area contributed by atoms with Gasteiger partial charge in [0.05, 0.1) is 21.6 Å². The SMILES string of the molecule is C=C(CCC(F)F)C1=C(CN2CCN(c3ccc(C(=O)NS(=O)(=O)c4ccc(NC[C@H]5CC[C@@H](C)CC5)c([N+](=O)[O-])c4)c(Oc4cnc5[nH]ccc5c4)c3)CC2)CCC(C)(C)C1. The third kappa shape index (κ3) is 11.0. The van der Waals surface area contributed by atoms with Crippen molar-refractivity contribution in [3.8, 4) is 11.5 Å². The van der Waals surface area contributed by atoms with Gasteiger partial charge in [0.25, 0.3) is 21.6 Å². The Hall–Kier alpha value is -5.35. The Bertz CT molecular complexity index is 2440. The Morgan fingerprint density at radius 1 is 1.08 bits per heavy atom. The first-order valence-electron chi connectivity index (χ1n) is 21.5. The maximum Gasteiger partial charge on any atom is 0.293 e. The van der Waals surface area contributed by atoms with E-state index in [2.05, 4.69) is 57.2 Å². The number of hydrogen-bond acceptors (Lipinski definition) is 10. The number of aromatic amines is 1. The van der Waals surface area contributed by atoms with Crippen molar-refractivity contribution in [2.75, 3.05) is 49.5 Å². The van der Waals surface area contributed by atoms with Gasteiger partial charge in [-0.3, -0.25) is 19.8 Å². The zero-order valence-corrected chi connectivity index (χ0v) is 36.5. The van der Waals surface area contributed by atoms with Gasteiger partial charge in [0.1, 0.15) is 22.8 Å². The number of nitrogens with zero attached hydrogens (tertiary/aromatic N) is 4. The molecule has 1 aliphatic heterocycles. The van der Waals surface area contributed by atoms with E-state index in [1.54, 1.807) is 24.4 Å². The van der Waals surface area contributed by atoms with Crippen LogP contribution in [0.3, 0.4) is 0 Å². The Balaban J connectivity index is 1.08. The minimum Gasteiger partial charge on any atom is -0.455 e. The summed E-state index contributed by atoms with van der Waals surface area (Å²) in [5.74, 6) is 0.480. The number of ether oxygens (including phenoxy) is 1. The third-order valence-electron chi connectivity index (χ3n) is 12.7. The number of anilines is 2. The highest BCUT2D eigenvalue weighted by Gasteiger charge is 2.31. The van der Waals surface area contributed by atoms with Crippen LogP contribution in [0.5, 0.6) is 11.5 Å². The second-order valence-corrected chi connectivity index (χ2v) is 19.6. The summed E-state index contributed by atoms with van der Waals surface area (Å²) < 4.78 is 62.0. The molecule has 4 aromatic rings. The number of alkyl halides is 2. The van der Waals surface area contributed by atoms with Gasteiger partial charge in [-0.2, -0.15) is 0 Å². The molecule has 0 atom stereocenters. The van der Waals surface area contributed by atoms with E-state index < -0.39 is 37.9 Å². The van der Waals surface area contributed by atoms with Crippen LogP contribution in [-0.4, -0.2) is 79.8 Å². The molecule has 7 rings (SSSR count). The number of carbonyl (C=O) groups excluding carboxylic acids is 1. The number of nitro benzene ring substituents is 1. The van der Waals surface area contributed by atoms with Crippen molar-refractivity contribution in [2.24, 2.45) is 17.3 Å². The molecule has 2 aliphatic carbocycles. The molecule has 13 nitrogen and oxygen atoms in total. The van der Waals surface area contributed by atoms with Crippen LogP contribution in [0, 0.1) is 27.4 Å². The quantitative estimate of drug-likeness (QED) is 0.0730. The second kappa shape index (κ2) is 19.0. The molecule has 3 heterocycles. The number of allylic oxidation sites excluding steroid dienone is 2. The van der Waals surface area contributed by atoms with Crippen LogP contribution in [0.1, 0.15) is 88.9 Å². The standard InChI is InChI=1S/C46H57F2N7O6S/c1-30-5-8-32(9-6-30)27-50-40-13-11-37(25-41(40)55(57)58)62(59,60)52-45(56)38-12-10-35(24-42(38)61-36-23-33-16-18-49-44(33)51-28-36)54-21-19-53(20-22-54)29-34-15-17-46(3,4)26-39(34)31(2)7-14-43(47)48/h10-13,16,18,23-25,28,30,32,43,50H,2,5-9,14-15,17,19-22,26-27,29H2,1,3-4H3,(H,49,51)(H,52,56)/t30-,32+. The van der Waals surface area contributed by atoms with Crippen molar-refractivity contribution in [1.29, 1.82) is 0 Å². The number of halogens is 2. The van der Waals surface area contributed by atoms with E-state index >= 15 is 0 Å². The molecule has 3 N–H and O–H groups in total. The van der Waals surface area contributed by atoms with E-state index in [0.29, 0.717) is 42.9 Å². The van der Waals surface area contributed by atoms with Gasteiger partial charge in [-0.25, -0.2) is 26.9 Å². The lowest BCUT2D eigenvalue weighted by atomic mass is 9.72. The Morgan fingerprint density at radius 3 is 2.56 bits per heavy atom. The predicted molar refractivity (Wildman–Crippen MR) is 238 cm³/mol.